The van der Waals surface area contributed by atoms with Crippen LogP contribution in [-0.2, 0) is 25.3 Å². The summed E-state index contributed by atoms with van der Waals surface area (Å²) >= 11 is 0. The van der Waals surface area contributed by atoms with Crippen molar-refractivity contribution >= 4 is 20.3 Å². The smallest absolute Gasteiger partial charge is 0.410 e. The Morgan fingerprint density at radius 1 is 1.03 bits per heavy atom. The van der Waals surface area contributed by atoms with E-state index in [4.69, 9.17) is 13.9 Å². The molecule has 0 saturated carbocycles. The molecule has 0 N–H and O–H groups in total. The molecule has 0 bridgehead atoms. The molecule has 1 aromatic rings. The van der Waals surface area contributed by atoms with Crippen molar-refractivity contribution in [3.05, 3.63) is 35.9 Å². The summed E-state index contributed by atoms with van der Waals surface area (Å²) in [6.45, 7) is 18.6. The van der Waals surface area contributed by atoms with Gasteiger partial charge in [-0.25, -0.2) is 4.79 Å². The zero-order chi connectivity index (χ0) is 24.9. The van der Waals surface area contributed by atoms with E-state index in [9.17, 15) is 9.59 Å². The lowest BCUT2D eigenvalue weighted by atomic mass is 10.2. The summed E-state index contributed by atoms with van der Waals surface area (Å²) in [6.07, 6.45) is -0.454. The van der Waals surface area contributed by atoms with Crippen molar-refractivity contribution in [2.24, 2.45) is 0 Å². The van der Waals surface area contributed by atoms with Gasteiger partial charge >= 0.3 is 6.09 Å². The van der Waals surface area contributed by atoms with E-state index in [0.29, 0.717) is 32.9 Å². The Hall–Kier alpha value is -1.90. The lowest BCUT2D eigenvalue weighted by Gasteiger charge is -2.42. The molecule has 7 nitrogen and oxygen atoms in total. The first-order valence-corrected chi connectivity index (χ1v) is 14.6. The van der Waals surface area contributed by atoms with Gasteiger partial charge in [0.1, 0.15) is 12.1 Å². The molecule has 8 heteroatoms. The minimum Gasteiger partial charge on any atom is -0.444 e. The molecule has 0 radical (unpaired) electrons. The molecule has 0 spiro atoms. The minimum atomic E-state index is -1.99. The monoisotopic (exact) mass is 478 g/mol. The highest BCUT2D eigenvalue weighted by Gasteiger charge is 2.39. The maximum Gasteiger partial charge on any atom is 0.410 e. The van der Waals surface area contributed by atoms with Gasteiger partial charge in [-0.15, -0.1) is 0 Å². The summed E-state index contributed by atoms with van der Waals surface area (Å²) in [5.41, 5.74) is 0.491. The average Bonchev–Trinajstić information content (AvgIpc) is 2.69. The van der Waals surface area contributed by atoms with Crippen LogP contribution in [0.4, 0.5) is 4.79 Å². The standard InChI is InChI=1S/C25H42N2O5Si/c1-24(2,3)32-23(29)26-14-15-27(22(28)16-26)21(19-31-33(7,8)25(4,5)6)18-30-17-20-12-10-9-11-13-20/h9-13,21H,14-19H2,1-8H3/t21-/m0/s1. The molecule has 1 heterocycles. The van der Waals surface area contributed by atoms with Crippen molar-refractivity contribution in [3.8, 4) is 0 Å². The van der Waals surface area contributed by atoms with E-state index in [1.807, 2.05) is 51.1 Å². The molecule has 186 valence electrons. The first-order valence-electron chi connectivity index (χ1n) is 11.7. The van der Waals surface area contributed by atoms with Gasteiger partial charge in [0.25, 0.3) is 0 Å². The first kappa shape index (κ1) is 27.3. The Morgan fingerprint density at radius 3 is 2.21 bits per heavy atom. The fraction of sp³-hybridized carbons (Fsp3) is 0.680. The molecule has 1 saturated heterocycles. The SMILES string of the molecule is CC(C)(C)OC(=O)N1CCN([C@@H](COCc2ccccc2)CO[Si](C)(C)C(C)(C)C)C(=O)C1. The average molecular weight is 479 g/mol. The summed E-state index contributed by atoms with van der Waals surface area (Å²) in [5, 5.41) is 0.0713. The van der Waals surface area contributed by atoms with Crippen LogP contribution in [0.25, 0.3) is 0 Å². The van der Waals surface area contributed by atoms with E-state index in [-0.39, 0.29) is 23.5 Å². The molecule has 1 aliphatic heterocycles. The maximum atomic E-state index is 13.0. The Kier molecular flexibility index (Phi) is 9.13. The van der Waals surface area contributed by atoms with Crippen molar-refractivity contribution < 1.29 is 23.5 Å². The molecule has 1 aromatic carbocycles. The fourth-order valence-electron chi connectivity index (χ4n) is 3.19. The lowest BCUT2D eigenvalue weighted by molar-refractivity contribution is -0.141. The summed E-state index contributed by atoms with van der Waals surface area (Å²) in [4.78, 5) is 28.7. The van der Waals surface area contributed by atoms with Crippen LogP contribution in [0.1, 0.15) is 47.1 Å². The van der Waals surface area contributed by atoms with Crippen LogP contribution in [0.15, 0.2) is 30.3 Å². The predicted octanol–water partition coefficient (Wildman–Crippen LogP) is 4.67. The Balaban J connectivity index is 2.05. The van der Waals surface area contributed by atoms with E-state index in [1.54, 1.807) is 4.90 Å². The molecule has 0 aromatic heterocycles. The molecule has 0 aliphatic carbocycles. The van der Waals surface area contributed by atoms with Gasteiger partial charge in [-0.3, -0.25) is 9.69 Å². The molecule has 33 heavy (non-hydrogen) atoms. The summed E-state index contributed by atoms with van der Waals surface area (Å²) in [7, 11) is -1.99. The van der Waals surface area contributed by atoms with Crippen LogP contribution in [-0.4, -0.2) is 74.6 Å². The lowest BCUT2D eigenvalue weighted by Crippen LogP contribution is -2.58. The molecule has 1 aliphatic rings. The Bertz CT molecular complexity index is 786. The van der Waals surface area contributed by atoms with Gasteiger partial charge in [0, 0.05) is 13.1 Å². The number of hydrogen-bond acceptors (Lipinski definition) is 5. The number of benzene rings is 1. The van der Waals surface area contributed by atoms with Crippen LogP contribution in [0.3, 0.4) is 0 Å². The third kappa shape index (κ3) is 8.43. The first-order chi connectivity index (χ1) is 15.2. The summed E-state index contributed by atoms with van der Waals surface area (Å²) in [5.74, 6) is -0.112. The maximum absolute atomic E-state index is 13.0. The number of hydrogen-bond donors (Lipinski definition) is 0. The summed E-state index contributed by atoms with van der Waals surface area (Å²) < 4.78 is 17.9. The van der Waals surface area contributed by atoms with Crippen molar-refractivity contribution in [1.29, 1.82) is 0 Å². The third-order valence-electron chi connectivity index (χ3n) is 6.21. The highest BCUT2D eigenvalue weighted by Crippen LogP contribution is 2.36. The van der Waals surface area contributed by atoms with E-state index >= 15 is 0 Å². The summed E-state index contributed by atoms with van der Waals surface area (Å²) in [6, 6.07) is 9.77. The van der Waals surface area contributed by atoms with Gasteiger partial charge in [0.15, 0.2) is 8.32 Å². The largest absolute Gasteiger partial charge is 0.444 e. The van der Waals surface area contributed by atoms with E-state index in [0.717, 1.165) is 5.56 Å². The number of piperazine rings is 1. The number of carbonyl (C=O) groups excluding carboxylic acids is 2. The molecule has 1 fully saturated rings. The molecular formula is C25H42N2O5Si. The van der Waals surface area contributed by atoms with Crippen LogP contribution < -0.4 is 0 Å². The van der Waals surface area contributed by atoms with Crippen molar-refractivity contribution in [2.75, 3.05) is 32.8 Å². The molecule has 0 unspecified atom stereocenters. The van der Waals surface area contributed by atoms with E-state index < -0.39 is 20.0 Å². The number of ether oxygens (including phenoxy) is 2. The van der Waals surface area contributed by atoms with Gasteiger partial charge in [0.2, 0.25) is 5.91 Å². The molecule has 2 rings (SSSR count). The van der Waals surface area contributed by atoms with Crippen molar-refractivity contribution in [3.63, 3.8) is 0 Å². The Labute approximate surface area is 200 Å². The highest BCUT2D eigenvalue weighted by atomic mass is 28.4. The molecular weight excluding hydrogens is 436 g/mol. The predicted molar refractivity (Wildman–Crippen MR) is 133 cm³/mol. The second-order valence-electron chi connectivity index (χ2n) is 11.2. The van der Waals surface area contributed by atoms with Gasteiger partial charge in [-0.1, -0.05) is 51.1 Å². The van der Waals surface area contributed by atoms with Gasteiger partial charge in [0.05, 0.1) is 25.9 Å². The van der Waals surface area contributed by atoms with Gasteiger partial charge in [-0.05, 0) is 44.5 Å². The van der Waals surface area contributed by atoms with E-state index in [2.05, 4.69) is 33.9 Å². The number of carbonyl (C=O) groups is 2. The van der Waals surface area contributed by atoms with Crippen molar-refractivity contribution in [2.45, 2.75) is 77.9 Å². The van der Waals surface area contributed by atoms with Gasteiger partial charge in [-0.2, -0.15) is 0 Å². The molecule has 1 atom stereocenters. The third-order valence-corrected chi connectivity index (χ3v) is 10.7. The van der Waals surface area contributed by atoms with Gasteiger partial charge < -0.3 is 18.8 Å². The second-order valence-corrected chi connectivity index (χ2v) is 16.0. The second kappa shape index (κ2) is 11.0. The number of amides is 2. The zero-order valence-electron chi connectivity index (χ0n) is 21.6. The Morgan fingerprint density at radius 2 is 1.67 bits per heavy atom. The normalized spacial score (nSPS) is 16.7. The highest BCUT2D eigenvalue weighted by molar-refractivity contribution is 6.74. The van der Waals surface area contributed by atoms with Crippen LogP contribution >= 0.6 is 0 Å². The zero-order valence-corrected chi connectivity index (χ0v) is 22.6. The van der Waals surface area contributed by atoms with Crippen molar-refractivity contribution in [1.82, 2.24) is 9.80 Å². The number of nitrogens with zero attached hydrogens (tertiary/aromatic N) is 2. The quantitative estimate of drug-likeness (QED) is 0.508. The van der Waals surface area contributed by atoms with E-state index in [1.165, 1.54) is 4.90 Å². The van der Waals surface area contributed by atoms with Crippen LogP contribution in [0, 0.1) is 0 Å². The number of rotatable bonds is 8. The topological polar surface area (TPSA) is 68.3 Å². The molecule has 2 amide bonds. The van der Waals surface area contributed by atoms with Crippen LogP contribution in [0.2, 0.25) is 18.1 Å². The minimum absolute atomic E-state index is 0.00416. The fourth-order valence-corrected chi connectivity index (χ4v) is 4.23. The van der Waals surface area contributed by atoms with Crippen LogP contribution in [0.5, 0.6) is 0 Å².